The van der Waals surface area contributed by atoms with Crippen molar-refractivity contribution in [2.75, 3.05) is 22.1 Å². The molecule has 2 aromatic carbocycles. The van der Waals surface area contributed by atoms with Gasteiger partial charge in [-0.3, -0.25) is 14.4 Å². The van der Waals surface area contributed by atoms with E-state index in [1.165, 1.54) is 6.92 Å². The first-order chi connectivity index (χ1) is 12.8. The molecule has 0 aliphatic heterocycles. The Morgan fingerprint density at radius 1 is 0.926 bits per heavy atom. The molecule has 0 atom stereocenters. The minimum Gasteiger partial charge on any atom is -0.326 e. The first kappa shape index (κ1) is 20.2. The lowest BCUT2D eigenvalue weighted by Gasteiger charge is -2.30. The average molecular weight is 367 g/mol. The van der Waals surface area contributed by atoms with Gasteiger partial charge in [0.15, 0.2) is 0 Å². The quantitative estimate of drug-likeness (QED) is 0.765. The van der Waals surface area contributed by atoms with Crippen LogP contribution < -0.4 is 15.5 Å². The Balaban J connectivity index is 2.18. The van der Waals surface area contributed by atoms with E-state index in [1.54, 1.807) is 43.0 Å². The predicted octanol–water partition coefficient (Wildman–Crippen LogP) is 3.66. The summed E-state index contributed by atoms with van der Waals surface area (Å²) < 4.78 is 0. The van der Waals surface area contributed by atoms with E-state index in [2.05, 4.69) is 10.6 Å². The van der Waals surface area contributed by atoms with Crippen LogP contribution in [0, 0.1) is 5.41 Å². The second kappa shape index (κ2) is 8.49. The van der Waals surface area contributed by atoms with E-state index >= 15 is 0 Å². The summed E-state index contributed by atoms with van der Waals surface area (Å²) in [5.41, 5.74) is 0.563. The van der Waals surface area contributed by atoms with Gasteiger partial charge in [0.25, 0.3) is 0 Å². The first-order valence-electron chi connectivity index (χ1n) is 8.81. The van der Waals surface area contributed by atoms with Gasteiger partial charge >= 0.3 is 0 Å². The molecular weight excluding hydrogens is 342 g/mol. The molecule has 3 amide bonds. The molecule has 0 unspecified atom stereocenters. The number of carbonyl (C=O) groups excluding carboxylic acids is 3. The third-order valence-corrected chi connectivity index (χ3v) is 4.17. The zero-order valence-electron chi connectivity index (χ0n) is 16.1. The van der Waals surface area contributed by atoms with Crippen molar-refractivity contribution in [1.82, 2.24) is 0 Å². The highest BCUT2D eigenvalue weighted by molar-refractivity contribution is 6.15. The molecule has 2 aromatic rings. The number of hydrogen-bond acceptors (Lipinski definition) is 3. The smallest absolute Gasteiger partial charge is 0.242 e. The number of hydrogen-bond donors (Lipinski definition) is 2. The van der Waals surface area contributed by atoms with Crippen LogP contribution in [0.25, 0.3) is 0 Å². The number of anilines is 3. The number of rotatable bonds is 6. The molecule has 0 aliphatic carbocycles. The van der Waals surface area contributed by atoms with Crippen LogP contribution in [0.3, 0.4) is 0 Å². The standard InChI is InChI=1S/C21H25N3O3/c1-5-24(18-12-7-6-8-13-18)20(27)21(3,4)19(26)23-17-11-9-10-16(14-17)22-15(2)25/h6-14H,5H2,1-4H3,(H,22,25)(H,23,26). The molecule has 0 aliphatic rings. The van der Waals surface area contributed by atoms with Gasteiger partial charge in [0.1, 0.15) is 5.41 Å². The largest absolute Gasteiger partial charge is 0.326 e. The Morgan fingerprint density at radius 2 is 1.52 bits per heavy atom. The first-order valence-corrected chi connectivity index (χ1v) is 8.81. The molecule has 2 N–H and O–H groups in total. The van der Waals surface area contributed by atoms with Crippen molar-refractivity contribution < 1.29 is 14.4 Å². The highest BCUT2D eigenvalue weighted by Crippen LogP contribution is 2.26. The summed E-state index contributed by atoms with van der Waals surface area (Å²) in [7, 11) is 0. The van der Waals surface area contributed by atoms with Crippen molar-refractivity contribution in [3.63, 3.8) is 0 Å². The van der Waals surface area contributed by atoms with Crippen LogP contribution >= 0.6 is 0 Å². The van der Waals surface area contributed by atoms with Crippen molar-refractivity contribution in [2.45, 2.75) is 27.7 Å². The predicted molar refractivity (Wildman–Crippen MR) is 108 cm³/mol. The van der Waals surface area contributed by atoms with Gasteiger partial charge in [0, 0.05) is 30.5 Å². The normalized spacial score (nSPS) is 10.8. The van der Waals surface area contributed by atoms with Gasteiger partial charge in [-0.1, -0.05) is 24.3 Å². The Bertz CT molecular complexity index is 832. The molecule has 0 saturated heterocycles. The molecule has 0 spiro atoms. The fraction of sp³-hybridized carbons (Fsp3) is 0.286. The van der Waals surface area contributed by atoms with Gasteiger partial charge in [-0.25, -0.2) is 0 Å². The van der Waals surface area contributed by atoms with E-state index < -0.39 is 11.3 Å². The van der Waals surface area contributed by atoms with Crippen LogP contribution in [0.4, 0.5) is 17.1 Å². The summed E-state index contributed by atoms with van der Waals surface area (Å²) in [6, 6.07) is 16.1. The summed E-state index contributed by atoms with van der Waals surface area (Å²) in [6.07, 6.45) is 0. The number of para-hydroxylation sites is 1. The fourth-order valence-corrected chi connectivity index (χ4v) is 2.65. The van der Waals surface area contributed by atoms with E-state index in [4.69, 9.17) is 0 Å². The maximum absolute atomic E-state index is 13.0. The van der Waals surface area contributed by atoms with E-state index in [0.29, 0.717) is 17.9 Å². The Kier molecular flexibility index (Phi) is 6.34. The van der Waals surface area contributed by atoms with E-state index in [9.17, 15) is 14.4 Å². The summed E-state index contributed by atoms with van der Waals surface area (Å²) in [6.45, 7) is 6.95. The maximum Gasteiger partial charge on any atom is 0.242 e. The molecule has 6 heteroatoms. The third-order valence-electron chi connectivity index (χ3n) is 4.17. The van der Waals surface area contributed by atoms with Crippen LogP contribution in [0.15, 0.2) is 54.6 Å². The van der Waals surface area contributed by atoms with Crippen molar-refractivity contribution in [3.8, 4) is 0 Å². The van der Waals surface area contributed by atoms with Gasteiger partial charge in [-0.05, 0) is 51.1 Å². The highest BCUT2D eigenvalue weighted by Gasteiger charge is 2.39. The number of nitrogens with one attached hydrogen (secondary N) is 2. The second-order valence-electron chi connectivity index (χ2n) is 6.73. The lowest BCUT2D eigenvalue weighted by molar-refractivity contribution is -0.136. The van der Waals surface area contributed by atoms with Crippen molar-refractivity contribution >= 4 is 34.8 Å². The molecule has 6 nitrogen and oxygen atoms in total. The molecule has 0 radical (unpaired) electrons. The zero-order valence-corrected chi connectivity index (χ0v) is 16.1. The summed E-state index contributed by atoms with van der Waals surface area (Å²) in [5, 5.41) is 5.43. The SMILES string of the molecule is CCN(C(=O)C(C)(C)C(=O)Nc1cccc(NC(C)=O)c1)c1ccccc1. The van der Waals surface area contributed by atoms with Crippen LogP contribution in [0.2, 0.25) is 0 Å². The molecule has 0 heterocycles. The van der Waals surface area contributed by atoms with Gasteiger partial charge in [0.2, 0.25) is 17.7 Å². The van der Waals surface area contributed by atoms with Crippen molar-refractivity contribution in [3.05, 3.63) is 54.6 Å². The van der Waals surface area contributed by atoms with Crippen LogP contribution in [-0.4, -0.2) is 24.3 Å². The Labute approximate surface area is 159 Å². The second-order valence-corrected chi connectivity index (χ2v) is 6.73. The van der Waals surface area contributed by atoms with Gasteiger partial charge in [0.05, 0.1) is 0 Å². The minimum absolute atomic E-state index is 0.199. The van der Waals surface area contributed by atoms with Crippen LogP contribution in [-0.2, 0) is 14.4 Å². The van der Waals surface area contributed by atoms with Crippen molar-refractivity contribution in [2.24, 2.45) is 5.41 Å². The fourth-order valence-electron chi connectivity index (χ4n) is 2.65. The lowest BCUT2D eigenvalue weighted by Crippen LogP contribution is -2.47. The van der Waals surface area contributed by atoms with Crippen molar-refractivity contribution in [1.29, 1.82) is 0 Å². The molecular formula is C21H25N3O3. The molecule has 27 heavy (non-hydrogen) atoms. The zero-order chi connectivity index (χ0) is 20.0. The van der Waals surface area contributed by atoms with Gasteiger partial charge in [-0.2, -0.15) is 0 Å². The van der Waals surface area contributed by atoms with Crippen LogP contribution in [0.5, 0.6) is 0 Å². The minimum atomic E-state index is -1.27. The third kappa shape index (κ3) is 4.94. The number of amides is 3. The lowest BCUT2D eigenvalue weighted by atomic mass is 9.89. The highest BCUT2D eigenvalue weighted by atomic mass is 16.2. The summed E-state index contributed by atoms with van der Waals surface area (Å²) in [4.78, 5) is 38.6. The number of nitrogens with zero attached hydrogens (tertiary/aromatic N) is 1. The molecule has 142 valence electrons. The summed E-state index contributed by atoms with van der Waals surface area (Å²) >= 11 is 0. The summed E-state index contributed by atoms with van der Waals surface area (Å²) in [5.74, 6) is -0.899. The van der Waals surface area contributed by atoms with Gasteiger partial charge in [-0.15, -0.1) is 0 Å². The Morgan fingerprint density at radius 3 is 2.07 bits per heavy atom. The molecule has 0 saturated carbocycles. The topological polar surface area (TPSA) is 78.5 Å². The van der Waals surface area contributed by atoms with Gasteiger partial charge < -0.3 is 15.5 Å². The van der Waals surface area contributed by atoms with E-state index in [-0.39, 0.29) is 11.8 Å². The van der Waals surface area contributed by atoms with E-state index in [1.807, 2.05) is 37.3 Å². The molecule has 0 aromatic heterocycles. The molecule has 0 bridgehead atoms. The van der Waals surface area contributed by atoms with Crippen LogP contribution in [0.1, 0.15) is 27.7 Å². The molecule has 2 rings (SSSR count). The van der Waals surface area contributed by atoms with E-state index in [0.717, 1.165) is 5.69 Å². The molecule has 0 fully saturated rings. The Hall–Kier alpha value is -3.15. The monoisotopic (exact) mass is 367 g/mol. The number of carbonyl (C=O) groups is 3. The maximum atomic E-state index is 13.0. The number of benzene rings is 2. The average Bonchev–Trinajstić information content (AvgIpc) is 2.62.